The Morgan fingerprint density at radius 2 is 1.95 bits per heavy atom. The van der Waals surface area contributed by atoms with E-state index in [-0.39, 0.29) is 11.8 Å². The fourth-order valence-electron chi connectivity index (χ4n) is 2.62. The van der Waals surface area contributed by atoms with Crippen LogP contribution < -0.4 is 10.2 Å². The third kappa shape index (κ3) is 3.26. The van der Waals surface area contributed by atoms with E-state index in [1.165, 1.54) is 0 Å². The molecule has 0 fully saturated rings. The van der Waals surface area contributed by atoms with Gasteiger partial charge in [-0.2, -0.15) is 0 Å². The first-order chi connectivity index (χ1) is 10.1. The first kappa shape index (κ1) is 15.5. The normalized spacial score (nSPS) is 19.8. The minimum absolute atomic E-state index is 0.00968. The molecule has 0 bridgehead atoms. The number of nitrogens with one attached hydrogen (secondary N) is 1. The molecule has 0 spiro atoms. The van der Waals surface area contributed by atoms with E-state index in [2.05, 4.69) is 19.2 Å². The van der Waals surface area contributed by atoms with Crippen molar-refractivity contribution in [1.82, 2.24) is 5.32 Å². The quantitative estimate of drug-likeness (QED) is 0.905. The van der Waals surface area contributed by atoms with Crippen molar-refractivity contribution in [1.29, 1.82) is 0 Å². The van der Waals surface area contributed by atoms with Gasteiger partial charge < -0.3 is 10.2 Å². The van der Waals surface area contributed by atoms with Crippen molar-refractivity contribution < 1.29 is 9.59 Å². The predicted octanol–water partition coefficient (Wildman–Crippen LogP) is 2.98. The van der Waals surface area contributed by atoms with Crippen LogP contribution in [-0.2, 0) is 4.79 Å². The molecule has 2 rings (SSSR count). The molecule has 2 unspecified atom stereocenters. The second-order valence-corrected chi connectivity index (χ2v) is 5.79. The highest BCUT2D eigenvalue weighted by Gasteiger charge is 2.33. The fourth-order valence-corrected chi connectivity index (χ4v) is 2.62. The maximum atomic E-state index is 12.8. The molecule has 0 aliphatic carbocycles. The first-order valence-corrected chi connectivity index (χ1v) is 7.79. The lowest BCUT2D eigenvalue weighted by Gasteiger charge is -2.27. The van der Waals surface area contributed by atoms with Gasteiger partial charge in [0, 0.05) is 6.54 Å². The molecule has 114 valence electrons. The van der Waals surface area contributed by atoms with Crippen molar-refractivity contribution in [3.63, 3.8) is 0 Å². The summed E-state index contributed by atoms with van der Waals surface area (Å²) in [6.07, 6.45) is 2.55. The molecule has 1 aliphatic rings. The average Bonchev–Trinajstić information content (AvgIpc) is 2.59. The van der Waals surface area contributed by atoms with Crippen LogP contribution in [0, 0.1) is 5.92 Å². The van der Waals surface area contributed by atoms with Gasteiger partial charge in [0.05, 0.1) is 11.3 Å². The smallest absolute Gasteiger partial charge is 0.254 e. The zero-order valence-corrected chi connectivity index (χ0v) is 13.1. The van der Waals surface area contributed by atoms with Gasteiger partial charge in [0.1, 0.15) is 6.04 Å². The largest absolute Gasteiger partial charge is 0.340 e. The Morgan fingerprint density at radius 3 is 2.62 bits per heavy atom. The molecular formula is C17H24N2O2. The van der Waals surface area contributed by atoms with E-state index in [0.717, 1.165) is 18.5 Å². The lowest BCUT2D eigenvalue weighted by atomic mass is 10.1. The van der Waals surface area contributed by atoms with E-state index in [4.69, 9.17) is 0 Å². The Bertz CT molecular complexity index is 527. The highest BCUT2D eigenvalue weighted by molar-refractivity contribution is 6.10. The Balaban J connectivity index is 2.42. The van der Waals surface area contributed by atoms with E-state index < -0.39 is 6.04 Å². The van der Waals surface area contributed by atoms with Crippen LogP contribution in [0.5, 0.6) is 0 Å². The highest BCUT2D eigenvalue weighted by Crippen LogP contribution is 2.26. The molecule has 4 nitrogen and oxygen atoms in total. The number of para-hydroxylation sites is 1. The van der Waals surface area contributed by atoms with E-state index in [1.807, 2.05) is 25.1 Å². The fraction of sp³-hybridized carbons (Fsp3) is 0.529. The van der Waals surface area contributed by atoms with Crippen LogP contribution in [0.4, 0.5) is 5.69 Å². The second-order valence-electron chi connectivity index (χ2n) is 5.79. The SMILES string of the molecule is CCCC1NC(=O)c2ccccc2N(CC(C)CC)C1=O. The summed E-state index contributed by atoms with van der Waals surface area (Å²) in [6, 6.07) is 6.95. The number of hydrogen-bond acceptors (Lipinski definition) is 2. The van der Waals surface area contributed by atoms with E-state index in [0.29, 0.717) is 24.4 Å². The molecule has 2 atom stereocenters. The van der Waals surface area contributed by atoms with Gasteiger partial charge in [0.2, 0.25) is 5.91 Å². The summed E-state index contributed by atoms with van der Waals surface area (Å²) in [7, 11) is 0. The molecule has 1 aliphatic heterocycles. The molecule has 0 aromatic heterocycles. The van der Waals surface area contributed by atoms with Crippen molar-refractivity contribution >= 4 is 17.5 Å². The molecule has 4 heteroatoms. The Hall–Kier alpha value is -1.84. The third-order valence-electron chi connectivity index (χ3n) is 4.08. The molecular weight excluding hydrogens is 264 g/mol. The summed E-state index contributed by atoms with van der Waals surface area (Å²) < 4.78 is 0. The van der Waals surface area contributed by atoms with E-state index in [1.54, 1.807) is 11.0 Å². The molecule has 1 N–H and O–H groups in total. The minimum atomic E-state index is -0.418. The Morgan fingerprint density at radius 1 is 1.24 bits per heavy atom. The standard InChI is InChI=1S/C17H24N2O2/c1-4-8-14-17(21)19(11-12(3)5-2)15-10-7-6-9-13(15)16(20)18-14/h6-7,9-10,12,14H,4-5,8,11H2,1-3H3,(H,18,20). The number of anilines is 1. The van der Waals surface area contributed by atoms with Gasteiger partial charge in [0.25, 0.3) is 5.91 Å². The van der Waals surface area contributed by atoms with Crippen LogP contribution in [0.3, 0.4) is 0 Å². The number of benzene rings is 1. The molecule has 1 aromatic rings. The summed E-state index contributed by atoms with van der Waals surface area (Å²) >= 11 is 0. The van der Waals surface area contributed by atoms with Gasteiger partial charge >= 0.3 is 0 Å². The van der Waals surface area contributed by atoms with Gasteiger partial charge in [-0.1, -0.05) is 45.7 Å². The lowest BCUT2D eigenvalue weighted by Crippen LogP contribution is -2.46. The van der Waals surface area contributed by atoms with Crippen LogP contribution in [-0.4, -0.2) is 24.4 Å². The molecule has 0 saturated carbocycles. The van der Waals surface area contributed by atoms with Gasteiger partial charge in [0.15, 0.2) is 0 Å². The summed E-state index contributed by atoms with van der Waals surface area (Å²) in [5, 5.41) is 2.88. The number of carbonyl (C=O) groups excluding carboxylic acids is 2. The number of carbonyl (C=O) groups is 2. The number of rotatable bonds is 5. The average molecular weight is 288 g/mol. The molecule has 0 radical (unpaired) electrons. The summed E-state index contributed by atoms with van der Waals surface area (Å²) in [5.74, 6) is 0.261. The van der Waals surface area contributed by atoms with Gasteiger partial charge in [-0.05, 0) is 24.5 Å². The Labute approximate surface area is 126 Å². The lowest BCUT2D eigenvalue weighted by molar-refractivity contribution is -0.120. The molecule has 21 heavy (non-hydrogen) atoms. The second kappa shape index (κ2) is 6.74. The number of nitrogens with zero attached hydrogens (tertiary/aromatic N) is 1. The maximum absolute atomic E-state index is 12.8. The number of hydrogen-bond donors (Lipinski definition) is 1. The predicted molar refractivity (Wildman–Crippen MR) is 84.4 cm³/mol. The van der Waals surface area contributed by atoms with Crippen LogP contribution in [0.1, 0.15) is 50.4 Å². The third-order valence-corrected chi connectivity index (χ3v) is 4.08. The zero-order valence-electron chi connectivity index (χ0n) is 13.1. The van der Waals surface area contributed by atoms with Crippen LogP contribution in [0.15, 0.2) is 24.3 Å². The van der Waals surface area contributed by atoms with Gasteiger partial charge in [-0.25, -0.2) is 0 Å². The van der Waals surface area contributed by atoms with E-state index in [9.17, 15) is 9.59 Å². The van der Waals surface area contributed by atoms with Crippen LogP contribution in [0.25, 0.3) is 0 Å². The minimum Gasteiger partial charge on any atom is -0.340 e. The number of fused-ring (bicyclic) bond motifs is 1. The highest BCUT2D eigenvalue weighted by atomic mass is 16.2. The van der Waals surface area contributed by atoms with Crippen molar-refractivity contribution in [2.45, 2.75) is 46.1 Å². The molecule has 1 aromatic carbocycles. The maximum Gasteiger partial charge on any atom is 0.254 e. The summed E-state index contributed by atoms with van der Waals surface area (Å²) in [5.41, 5.74) is 1.33. The van der Waals surface area contributed by atoms with Gasteiger partial charge in [-0.15, -0.1) is 0 Å². The zero-order chi connectivity index (χ0) is 15.4. The molecule has 2 amide bonds. The number of amides is 2. The van der Waals surface area contributed by atoms with Crippen molar-refractivity contribution in [2.75, 3.05) is 11.4 Å². The summed E-state index contributed by atoms with van der Waals surface area (Å²) in [4.78, 5) is 26.9. The molecule has 0 saturated heterocycles. The van der Waals surface area contributed by atoms with E-state index >= 15 is 0 Å². The van der Waals surface area contributed by atoms with Gasteiger partial charge in [-0.3, -0.25) is 9.59 Å². The van der Waals surface area contributed by atoms with Crippen molar-refractivity contribution in [3.05, 3.63) is 29.8 Å². The van der Waals surface area contributed by atoms with Crippen molar-refractivity contribution in [2.24, 2.45) is 5.92 Å². The van der Waals surface area contributed by atoms with Crippen molar-refractivity contribution in [3.8, 4) is 0 Å². The summed E-state index contributed by atoms with van der Waals surface area (Å²) in [6.45, 7) is 6.93. The first-order valence-electron chi connectivity index (χ1n) is 7.79. The topological polar surface area (TPSA) is 49.4 Å². The molecule has 1 heterocycles. The van der Waals surface area contributed by atoms with Crippen LogP contribution >= 0.6 is 0 Å². The Kier molecular flexibility index (Phi) is 4.99. The monoisotopic (exact) mass is 288 g/mol. The van der Waals surface area contributed by atoms with Crippen LogP contribution in [0.2, 0.25) is 0 Å².